The number of nitrogens with zero attached hydrogens (tertiary/aromatic N) is 4. The van der Waals surface area contributed by atoms with E-state index in [2.05, 4.69) is 25.9 Å². The fourth-order valence-electron chi connectivity index (χ4n) is 5.32. The van der Waals surface area contributed by atoms with Crippen molar-refractivity contribution in [2.45, 2.75) is 55.8 Å². The molecule has 2 atom stereocenters. The summed E-state index contributed by atoms with van der Waals surface area (Å²) in [7, 11) is 1.55. The predicted octanol–water partition coefficient (Wildman–Crippen LogP) is 3.52. The van der Waals surface area contributed by atoms with Gasteiger partial charge in [0.15, 0.2) is 17.2 Å². The molecule has 1 aromatic carbocycles. The summed E-state index contributed by atoms with van der Waals surface area (Å²) in [6.07, 6.45) is 8.30. The minimum atomic E-state index is -1.89. The van der Waals surface area contributed by atoms with E-state index in [1.807, 2.05) is 23.0 Å². The van der Waals surface area contributed by atoms with E-state index in [1.165, 1.54) is 6.07 Å². The van der Waals surface area contributed by atoms with Gasteiger partial charge in [-0.1, -0.05) is 12.1 Å². The van der Waals surface area contributed by atoms with Crippen molar-refractivity contribution in [3.8, 4) is 16.9 Å². The minimum Gasteiger partial charge on any atom is -0.494 e. The van der Waals surface area contributed by atoms with E-state index in [-0.39, 0.29) is 41.7 Å². The lowest BCUT2D eigenvalue weighted by Crippen LogP contribution is -2.47. The summed E-state index contributed by atoms with van der Waals surface area (Å²) >= 11 is 0. The fourth-order valence-corrected chi connectivity index (χ4v) is 5.32. The Bertz CT molecular complexity index is 1410. The van der Waals surface area contributed by atoms with Crippen molar-refractivity contribution in [3.63, 3.8) is 0 Å². The number of hydrogen-bond acceptors (Lipinski definition) is 8. The highest BCUT2D eigenvalue weighted by Crippen LogP contribution is 2.51. The van der Waals surface area contributed by atoms with Crippen LogP contribution in [0.15, 0.2) is 36.7 Å². The van der Waals surface area contributed by atoms with Gasteiger partial charge in [0.05, 0.1) is 36.3 Å². The summed E-state index contributed by atoms with van der Waals surface area (Å²) in [5, 5.41) is 17.8. The molecule has 2 aromatic heterocycles. The molecule has 1 aliphatic heterocycles. The van der Waals surface area contributed by atoms with Crippen LogP contribution >= 0.6 is 0 Å². The first kappa shape index (κ1) is 24.3. The van der Waals surface area contributed by atoms with Crippen LogP contribution in [0.25, 0.3) is 11.1 Å². The largest absolute Gasteiger partial charge is 0.494 e. The van der Waals surface area contributed by atoms with Gasteiger partial charge in [0.25, 0.3) is 11.8 Å². The third-order valence-electron chi connectivity index (χ3n) is 7.67. The van der Waals surface area contributed by atoms with Gasteiger partial charge in [0.2, 0.25) is 0 Å². The second kappa shape index (κ2) is 9.05. The summed E-state index contributed by atoms with van der Waals surface area (Å²) in [4.78, 5) is 24.2. The SMILES string of the molecule is COc1c(Nc2cc(NC(=O)C3(F)CC3)nnc2C(N)=O)cccc1-c1cnn([C@H]2CC[C@@]23CCCO3)c1. The Morgan fingerprint density at radius 1 is 1.21 bits per heavy atom. The Hall–Kier alpha value is -4.06. The zero-order valence-corrected chi connectivity index (χ0v) is 20.9. The molecule has 1 saturated heterocycles. The van der Waals surface area contributed by atoms with Gasteiger partial charge in [0, 0.05) is 30.0 Å². The van der Waals surface area contributed by atoms with Crippen LogP contribution in [0.5, 0.6) is 5.75 Å². The molecule has 3 aromatic rings. The van der Waals surface area contributed by atoms with Crippen molar-refractivity contribution in [3.05, 3.63) is 42.4 Å². The topological polar surface area (TPSA) is 146 Å². The quantitative estimate of drug-likeness (QED) is 0.408. The fraction of sp³-hybridized carbons (Fsp3) is 0.423. The Morgan fingerprint density at radius 2 is 2.05 bits per heavy atom. The second-order valence-electron chi connectivity index (χ2n) is 10.1. The maximum atomic E-state index is 14.1. The van der Waals surface area contributed by atoms with Crippen molar-refractivity contribution in [1.29, 1.82) is 0 Å². The summed E-state index contributed by atoms with van der Waals surface area (Å²) in [6, 6.07) is 7.11. The Labute approximate surface area is 217 Å². The molecule has 1 spiro atoms. The summed E-state index contributed by atoms with van der Waals surface area (Å²) in [5.74, 6) is -1.11. The van der Waals surface area contributed by atoms with Gasteiger partial charge in [-0.25, -0.2) is 4.39 Å². The molecule has 38 heavy (non-hydrogen) atoms. The molecule has 3 heterocycles. The molecule has 2 saturated carbocycles. The molecule has 0 radical (unpaired) electrons. The third-order valence-corrected chi connectivity index (χ3v) is 7.67. The third kappa shape index (κ3) is 4.14. The van der Waals surface area contributed by atoms with Crippen LogP contribution < -0.4 is 21.1 Å². The first-order chi connectivity index (χ1) is 18.3. The number of aromatic nitrogens is 4. The number of amides is 2. The van der Waals surface area contributed by atoms with Crippen molar-refractivity contribution in [1.82, 2.24) is 20.0 Å². The highest BCUT2D eigenvalue weighted by atomic mass is 19.1. The molecule has 198 valence electrons. The molecule has 2 aliphatic carbocycles. The number of para-hydroxylation sites is 1. The van der Waals surface area contributed by atoms with Gasteiger partial charge in [-0.3, -0.25) is 14.3 Å². The number of primary amides is 1. The molecule has 4 N–H and O–H groups in total. The monoisotopic (exact) mass is 521 g/mol. The molecule has 3 aliphatic rings. The van der Waals surface area contributed by atoms with Crippen molar-refractivity contribution in [2.75, 3.05) is 24.4 Å². The summed E-state index contributed by atoms with van der Waals surface area (Å²) in [6.45, 7) is 0.795. The lowest BCUT2D eigenvalue weighted by Gasteiger charge is -2.45. The van der Waals surface area contributed by atoms with Crippen molar-refractivity contribution >= 4 is 29.0 Å². The van der Waals surface area contributed by atoms with Crippen molar-refractivity contribution < 1.29 is 23.5 Å². The van der Waals surface area contributed by atoms with Gasteiger partial charge in [-0.2, -0.15) is 5.10 Å². The van der Waals surface area contributed by atoms with Gasteiger partial charge >= 0.3 is 0 Å². The van der Waals surface area contributed by atoms with Crippen LogP contribution in [0.3, 0.4) is 0 Å². The zero-order valence-electron chi connectivity index (χ0n) is 20.9. The molecular formula is C26H28FN7O4. The number of nitrogens with two attached hydrogens (primary N) is 1. The van der Waals surface area contributed by atoms with Gasteiger partial charge in [-0.15, -0.1) is 10.2 Å². The molecule has 2 amide bonds. The van der Waals surface area contributed by atoms with E-state index in [9.17, 15) is 14.0 Å². The number of halogens is 1. The Kier molecular flexibility index (Phi) is 5.78. The number of anilines is 3. The first-order valence-electron chi connectivity index (χ1n) is 12.6. The number of ether oxygens (including phenoxy) is 2. The normalized spacial score (nSPS) is 23.1. The lowest BCUT2D eigenvalue weighted by atomic mass is 9.73. The second-order valence-corrected chi connectivity index (χ2v) is 10.1. The smallest absolute Gasteiger partial charge is 0.271 e. The molecule has 3 fully saturated rings. The number of carbonyl (C=O) groups is 2. The van der Waals surface area contributed by atoms with Crippen LogP contribution in [-0.2, 0) is 9.53 Å². The number of alkyl halides is 1. The molecule has 12 heteroatoms. The maximum absolute atomic E-state index is 14.1. The van der Waals surface area contributed by atoms with Gasteiger partial charge in [-0.05, 0) is 44.6 Å². The average molecular weight is 522 g/mol. The van der Waals surface area contributed by atoms with Gasteiger partial charge < -0.3 is 25.8 Å². The number of benzene rings is 1. The number of carbonyl (C=O) groups excluding carboxylic acids is 2. The number of methoxy groups -OCH3 is 1. The van der Waals surface area contributed by atoms with Crippen molar-refractivity contribution in [2.24, 2.45) is 5.73 Å². The van der Waals surface area contributed by atoms with E-state index in [0.717, 1.165) is 43.4 Å². The maximum Gasteiger partial charge on any atom is 0.271 e. The summed E-state index contributed by atoms with van der Waals surface area (Å²) in [5.41, 5.74) is 5.73. The molecular weight excluding hydrogens is 493 g/mol. The highest BCUT2D eigenvalue weighted by molar-refractivity contribution is 6.01. The average Bonchev–Trinajstić information content (AvgIpc) is 3.27. The van der Waals surface area contributed by atoms with E-state index in [0.29, 0.717) is 11.4 Å². The van der Waals surface area contributed by atoms with E-state index >= 15 is 0 Å². The Balaban J connectivity index is 1.29. The molecule has 11 nitrogen and oxygen atoms in total. The van der Waals surface area contributed by atoms with Crippen LogP contribution in [0, 0.1) is 0 Å². The van der Waals surface area contributed by atoms with E-state index in [1.54, 1.807) is 19.4 Å². The van der Waals surface area contributed by atoms with Gasteiger partial charge in [0.1, 0.15) is 5.75 Å². The van der Waals surface area contributed by atoms with Crippen LogP contribution in [0.1, 0.15) is 55.1 Å². The van der Waals surface area contributed by atoms with E-state index < -0.39 is 17.5 Å². The van der Waals surface area contributed by atoms with Crippen LogP contribution in [0.4, 0.5) is 21.6 Å². The Morgan fingerprint density at radius 3 is 2.71 bits per heavy atom. The molecule has 0 unspecified atom stereocenters. The highest BCUT2D eigenvalue weighted by Gasteiger charge is 2.52. The minimum absolute atomic E-state index is 0.00798. The van der Waals surface area contributed by atoms with Crippen LogP contribution in [-0.4, -0.2) is 56.8 Å². The van der Waals surface area contributed by atoms with E-state index in [4.69, 9.17) is 15.2 Å². The number of rotatable bonds is 8. The number of hydrogen-bond donors (Lipinski definition) is 3. The standard InChI is InChI=1S/C26H28FN7O4/c1-37-22-16(15-13-29-34(14-15)19-6-8-26(19)7-3-11-38-26)4-2-5-17(22)30-18-12-20(32-33-21(18)23(28)35)31-24(36)25(27)9-10-25/h2,4-5,12-14,19H,3,6-11H2,1H3,(H2,28,35)(H2,30,31,32,36)/t19-,26-/m0/s1. The molecule has 6 rings (SSSR count). The first-order valence-corrected chi connectivity index (χ1v) is 12.6. The lowest BCUT2D eigenvalue weighted by molar-refractivity contribution is -0.122. The van der Waals surface area contributed by atoms with Crippen LogP contribution in [0.2, 0.25) is 0 Å². The predicted molar refractivity (Wildman–Crippen MR) is 136 cm³/mol. The molecule has 0 bridgehead atoms. The number of nitrogens with one attached hydrogen (secondary N) is 2. The summed E-state index contributed by atoms with van der Waals surface area (Å²) < 4.78 is 27.9. The zero-order chi connectivity index (χ0) is 26.5.